The van der Waals surface area contributed by atoms with Crippen LogP contribution in [0.25, 0.3) is 0 Å². The lowest BCUT2D eigenvalue weighted by Gasteiger charge is -2.39. The van der Waals surface area contributed by atoms with E-state index < -0.39 is 35.7 Å². The third-order valence-electron chi connectivity index (χ3n) is 7.88. The van der Waals surface area contributed by atoms with Gasteiger partial charge in [-0.05, 0) is 51.5 Å². The number of carboxylic acid groups (broad SMARTS) is 1. The number of nitrogens with zero attached hydrogens (tertiary/aromatic N) is 4. The van der Waals surface area contributed by atoms with E-state index in [9.17, 15) is 24.3 Å². The zero-order valence-corrected chi connectivity index (χ0v) is 26.8. The summed E-state index contributed by atoms with van der Waals surface area (Å²) in [6, 6.07) is 27.3. The number of hydrogen-bond donors (Lipinski definition) is 2. The van der Waals surface area contributed by atoms with Gasteiger partial charge in [-0.3, -0.25) is 24.3 Å². The summed E-state index contributed by atoms with van der Waals surface area (Å²) in [5.74, 6) is -1.65. The summed E-state index contributed by atoms with van der Waals surface area (Å²) >= 11 is 0. The van der Waals surface area contributed by atoms with E-state index in [4.69, 9.17) is 4.99 Å². The SMILES string of the molecule is Cc1ccc(C(=O)CN2C(=O)[C@H](NC(=O)C(Cc3ccccc3)N(C(=O)O)C(C)(C)C)N=C(c3ccccn3)c3ccccc32)cc1. The number of benzodiazepines with no additional fused rings is 1. The molecule has 2 N–H and O–H groups in total. The third kappa shape index (κ3) is 7.44. The molecular weight excluding hydrogens is 594 g/mol. The van der Waals surface area contributed by atoms with Crippen LogP contribution in [0.3, 0.4) is 0 Å². The molecule has 4 aromatic rings. The average Bonchev–Trinajstić information content (AvgIpc) is 3.15. The average molecular weight is 632 g/mol. The largest absolute Gasteiger partial charge is 0.465 e. The van der Waals surface area contributed by atoms with Gasteiger partial charge in [0.25, 0.3) is 5.91 Å². The van der Waals surface area contributed by atoms with E-state index in [0.717, 1.165) is 16.0 Å². The first-order valence-electron chi connectivity index (χ1n) is 15.3. The number of pyridine rings is 1. The maximum atomic E-state index is 14.4. The molecule has 5 rings (SSSR count). The number of carbonyl (C=O) groups is 4. The number of rotatable bonds is 9. The summed E-state index contributed by atoms with van der Waals surface area (Å²) in [6.07, 6.45) is -1.12. The predicted molar refractivity (Wildman–Crippen MR) is 180 cm³/mol. The van der Waals surface area contributed by atoms with Crippen LogP contribution in [0.4, 0.5) is 10.5 Å². The summed E-state index contributed by atoms with van der Waals surface area (Å²) in [7, 11) is 0. The lowest BCUT2D eigenvalue weighted by atomic mass is 9.97. The second-order valence-electron chi connectivity index (χ2n) is 12.4. The molecule has 1 aromatic heterocycles. The van der Waals surface area contributed by atoms with E-state index in [1.54, 1.807) is 81.6 Å². The van der Waals surface area contributed by atoms with Gasteiger partial charge in [0.2, 0.25) is 12.1 Å². The zero-order valence-electron chi connectivity index (χ0n) is 26.8. The lowest BCUT2D eigenvalue weighted by Crippen LogP contribution is -2.60. The number of hydrogen-bond acceptors (Lipinski definition) is 6. The molecule has 0 saturated heterocycles. The monoisotopic (exact) mass is 631 g/mol. The predicted octanol–water partition coefficient (Wildman–Crippen LogP) is 5.29. The van der Waals surface area contributed by atoms with Crippen molar-refractivity contribution in [1.82, 2.24) is 15.2 Å². The Morgan fingerprint density at radius 1 is 0.915 bits per heavy atom. The molecular formula is C37H37N5O5. The van der Waals surface area contributed by atoms with Gasteiger partial charge in [0.15, 0.2) is 5.78 Å². The molecule has 0 aliphatic carbocycles. The van der Waals surface area contributed by atoms with Gasteiger partial charge in [-0.2, -0.15) is 0 Å². The van der Waals surface area contributed by atoms with E-state index in [-0.39, 0.29) is 18.7 Å². The van der Waals surface area contributed by atoms with Crippen LogP contribution < -0.4 is 10.2 Å². The fourth-order valence-corrected chi connectivity index (χ4v) is 5.63. The molecule has 3 aromatic carbocycles. The number of aromatic nitrogens is 1. The third-order valence-corrected chi connectivity index (χ3v) is 7.88. The van der Waals surface area contributed by atoms with E-state index in [0.29, 0.717) is 28.2 Å². The topological polar surface area (TPSA) is 132 Å². The normalized spacial score (nSPS) is 15.1. The number of amides is 3. The first-order valence-corrected chi connectivity index (χ1v) is 15.3. The molecule has 0 saturated carbocycles. The second-order valence-corrected chi connectivity index (χ2v) is 12.4. The number of aryl methyl sites for hydroxylation is 1. The maximum Gasteiger partial charge on any atom is 0.408 e. The van der Waals surface area contributed by atoms with Crippen LogP contribution in [0.15, 0.2) is 108 Å². The van der Waals surface area contributed by atoms with Crippen molar-refractivity contribution in [3.63, 3.8) is 0 Å². The van der Waals surface area contributed by atoms with Gasteiger partial charge >= 0.3 is 6.09 Å². The summed E-state index contributed by atoms with van der Waals surface area (Å²) in [5.41, 5.74) is 2.99. The molecule has 0 fully saturated rings. The van der Waals surface area contributed by atoms with Crippen molar-refractivity contribution in [2.45, 2.75) is 51.9 Å². The van der Waals surface area contributed by atoms with E-state index in [1.165, 1.54) is 4.90 Å². The van der Waals surface area contributed by atoms with Crippen molar-refractivity contribution in [3.05, 3.63) is 131 Å². The highest BCUT2D eigenvalue weighted by Gasteiger charge is 2.41. The highest BCUT2D eigenvalue weighted by molar-refractivity contribution is 6.20. The molecule has 3 amide bonds. The smallest absolute Gasteiger partial charge is 0.408 e. The molecule has 10 heteroatoms. The van der Waals surface area contributed by atoms with E-state index in [2.05, 4.69) is 10.3 Å². The van der Waals surface area contributed by atoms with Gasteiger partial charge in [0.05, 0.1) is 23.6 Å². The Labute approximate surface area is 273 Å². The van der Waals surface area contributed by atoms with Crippen LogP contribution in [-0.4, -0.2) is 68.7 Å². The minimum atomic E-state index is -1.49. The molecule has 1 aliphatic rings. The Bertz CT molecular complexity index is 1800. The van der Waals surface area contributed by atoms with E-state index >= 15 is 0 Å². The molecule has 2 atom stereocenters. The van der Waals surface area contributed by atoms with Gasteiger partial charge in [-0.25, -0.2) is 9.79 Å². The summed E-state index contributed by atoms with van der Waals surface area (Å²) in [5, 5.41) is 13.0. The first-order chi connectivity index (χ1) is 22.4. The van der Waals surface area contributed by atoms with Crippen molar-refractivity contribution in [2.24, 2.45) is 4.99 Å². The number of para-hydroxylation sites is 1. The fraction of sp³-hybridized carbons (Fsp3) is 0.243. The van der Waals surface area contributed by atoms with Crippen LogP contribution in [-0.2, 0) is 16.0 Å². The second kappa shape index (κ2) is 13.8. The number of anilines is 1. The Kier molecular flexibility index (Phi) is 9.60. The first kappa shape index (κ1) is 32.7. The number of Topliss-reactive ketones (excluding diaryl/α,β-unsaturated/α-hetero) is 1. The van der Waals surface area contributed by atoms with Crippen LogP contribution in [0.1, 0.15) is 53.5 Å². The minimum Gasteiger partial charge on any atom is -0.465 e. The molecule has 1 aliphatic heterocycles. The van der Waals surface area contributed by atoms with Gasteiger partial charge in [0.1, 0.15) is 6.04 Å². The Hall–Kier alpha value is -5.64. The fourth-order valence-electron chi connectivity index (χ4n) is 5.63. The lowest BCUT2D eigenvalue weighted by molar-refractivity contribution is -0.131. The molecule has 0 radical (unpaired) electrons. The molecule has 47 heavy (non-hydrogen) atoms. The van der Waals surface area contributed by atoms with Crippen LogP contribution in [0.2, 0.25) is 0 Å². The summed E-state index contributed by atoms with van der Waals surface area (Å²) in [6.45, 7) is 6.72. The number of ketones is 1. The standard InChI is InChI=1S/C37H37N5O5/c1-24-17-19-26(20-18-24)31(43)23-41-29-16-9-8-14-27(29)32(28-15-10-11-21-38-28)39-33(35(41)45)40-34(44)30(22-25-12-6-5-7-13-25)42(36(46)47)37(2,3)4/h5-21,30,33H,22-23H2,1-4H3,(H,40,44)(H,46,47)/t30?,33-/m0/s1. The van der Waals surface area contributed by atoms with Crippen LogP contribution >= 0.6 is 0 Å². The zero-order chi connectivity index (χ0) is 33.7. The highest BCUT2D eigenvalue weighted by atomic mass is 16.4. The van der Waals surface area contributed by atoms with Gasteiger partial charge in [-0.1, -0.05) is 84.4 Å². The van der Waals surface area contributed by atoms with Gasteiger partial charge in [0, 0.05) is 29.3 Å². The molecule has 240 valence electrons. The van der Waals surface area contributed by atoms with Crippen molar-refractivity contribution in [3.8, 4) is 0 Å². The van der Waals surface area contributed by atoms with Crippen molar-refractivity contribution in [2.75, 3.05) is 11.4 Å². The van der Waals surface area contributed by atoms with Gasteiger partial charge < -0.3 is 15.3 Å². The summed E-state index contributed by atoms with van der Waals surface area (Å²) < 4.78 is 0. The number of fused-ring (bicyclic) bond motifs is 1. The van der Waals surface area contributed by atoms with Crippen LogP contribution in [0.5, 0.6) is 0 Å². The summed E-state index contributed by atoms with van der Waals surface area (Å²) in [4.78, 5) is 66.5. The van der Waals surface area contributed by atoms with Crippen molar-refractivity contribution in [1.29, 1.82) is 0 Å². The van der Waals surface area contributed by atoms with E-state index in [1.807, 2.05) is 49.4 Å². The van der Waals surface area contributed by atoms with Crippen LogP contribution in [0, 0.1) is 6.92 Å². The number of nitrogens with one attached hydrogen (secondary N) is 1. The molecule has 0 bridgehead atoms. The Morgan fingerprint density at radius 2 is 1.57 bits per heavy atom. The molecule has 10 nitrogen and oxygen atoms in total. The molecule has 2 heterocycles. The quantitative estimate of drug-likeness (QED) is 0.241. The number of carbonyl (C=O) groups excluding carboxylic acids is 3. The minimum absolute atomic E-state index is 0.0593. The van der Waals surface area contributed by atoms with Crippen molar-refractivity contribution < 1.29 is 24.3 Å². The van der Waals surface area contributed by atoms with Gasteiger partial charge in [-0.15, -0.1) is 0 Å². The molecule has 1 unspecified atom stereocenters. The Morgan fingerprint density at radius 3 is 2.21 bits per heavy atom. The van der Waals surface area contributed by atoms with Crippen molar-refractivity contribution >= 4 is 35.1 Å². The maximum absolute atomic E-state index is 14.4. The molecule has 0 spiro atoms. The number of benzene rings is 3. The Balaban J connectivity index is 1.59. The highest BCUT2D eigenvalue weighted by Crippen LogP contribution is 2.29. The number of aliphatic imine (C=N–C) groups is 1.